The minimum Gasteiger partial charge on any atom is -0.325 e. The topological polar surface area (TPSA) is 72.2 Å². The van der Waals surface area contributed by atoms with E-state index in [1.165, 1.54) is 17.7 Å². The Morgan fingerprint density at radius 3 is 2.55 bits per heavy atom. The lowest BCUT2D eigenvalue weighted by Crippen LogP contribution is -2.17. The molecule has 1 aromatic carbocycles. The van der Waals surface area contributed by atoms with E-state index in [1.54, 1.807) is 6.07 Å². The van der Waals surface area contributed by atoms with E-state index in [9.17, 15) is 14.9 Å². The summed E-state index contributed by atoms with van der Waals surface area (Å²) in [5, 5.41) is 13.7. The van der Waals surface area contributed by atoms with Gasteiger partial charge in [-0.2, -0.15) is 0 Å². The summed E-state index contributed by atoms with van der Waals surface area (Å²) in [6.07, 6.45) is 2.13. The summed E-state index contributed by atoms with van der Waals surface area (Å²) >= 11 is 0. The predicted molar refractivity (Wildman–Crippen MR) is 86.7 cm³/mol. The summed E-state index contributed by atoms with van der Waals surface area (Å²) in [5.74, 6) is 0.0497. The minimum absolute atomic E-state index is 0.0168. The van der Waals surface area contributed by atoms with Crippen LogP contribution in [0, 0.1) is 34.3 Å². The molecular formula is C17H22N2O3. The molecule has 0 radical (unpaired) electrons. The molecule has 1 saturated carbocycles. The molecule has 0 bridgehead atoms. The highest BCUT2D eigenvalue weighted by atomic mass is 16.6. The maximum Gasteiger partial charge on any atom is 0.271 e. The molecule has 118 valence electrons. The van der Waals surface area contributed by atoms with Crippen molar-refractivity contribution in [3.05, 3.63) is 45.5 Å². The van der Waals surface area contributed by atoms with Crippen molar-refractivity contribution in [2.24, 2.45) is 17.3 Å². The Hall–Kier alpha value is -2.17. The molecule has 1 N–H and O–H groups in total. The molecule has 5 heteroatoms. The van der Waals surface area contributed by atoms with Crippen LogP contribution in [0.25, 0.3) is 0 Å². The molecule has 2 rings (SSSR count). The van der Waals surface area contributed by atoms with Crippen LogP contribution in [0.4, 0.5) is 11.4 Å². The molecule has 0 heterocycles. The van der Waals surface area contributed by atoms with E-state index >= 15 is 0 Å². The average Bonchev–Trinajstić information content (AvgIpc) is 2.92. The van der Waals surface area contributed by atoms with Crippen LogP contribution in [0.1, 0.15) is 33.3 Å². The SMILES string of the molecule is CC(C)=CC1C(C(=O)Nc2cc([N+](=O)[O-])ccc2C)C1(C)C. The lowest BCUT2D eigenvalue weighted by molar-refractivity contribution is -0.384. The lowest BCUT2D eigenvalue weighted by Gasteiger charge is -2.09. The van der Waals surface area contributed by atoms with Crippen LogP contribution in [-0.4, -0.2) is 10.8 Å². The number of nitrogens with zero attached hydrogens (tertiary/aromatic N) is 1. The summed E-state index contributed by atoms with van der Waals surface area (Å²) in [5.41, 5.74) is 2.43. The third kappa shape index (κ3) is 3.03. The number of hydrogen-bond acceptors (Lipinski definition) is 3. The van der Waals surface area contributed by atoms with Crippen LogP contribution >= 0.6 is 0 Å². The first kappa shape index (κ1) is 16.2. The monoisotopic (exact) mass is 302 g/mol. The van der Waals surface area contributed by atoms with Crippen molar-refractivity contribution >= 4 is 17.3 Å². The number of carbonyl (C=O) groups is 1. The van der Waals surface area contributed by atoms with Crippen LogP contribution in [0.3, 0.4) is 0 Å². The molecule has 1 aromatic rings. The van der Waals surface area contributed by atoms with E-state index in [-0.39, 0.29) is 28.8 Å². The van der Waals surface area contributed by atoms with Gasteiger partial charge in [0.05, 0.1) is 16.5 Å². The molecule has 0 aromatic heterocycles. The largest absolute Gasteiger partial charge is 0.325 e. The molecule has 1 amide bonds. The Morgan fingerprint density at radius 1 is 1.36 bits per heavy atom. The maximum atomic E-state index is 12.5. The number of nitrogens with one attached hydrogen (secondary N) is 1. The fourth-order valence-electron chi connectivity index (χ4n) is 2.92. The van der Waals surface area contributed by atoms with E-state index in [1.807, 2.05) is 20.8 Å². The van der Waals surface area contributed by atoms with Crippen molar-refractivity contribution in [3.63, 3.8) is 0 Å². The fraction of sp³-hybridized carbons (Fsp3) is 0.471. The summed E-state index contributed by atoms with van der Waals surface area (Å²) < 4.78 is 0. The Balaban J connectivity index is 2.18. The predicted octanol–water partition coefficient (Wildman–Crippen LogP) is 4.08. The second kappa shape index (κ2) is 5.55. The van der Waals surface area contributed by atoms with Crippen LogP contribution in [-0.2, 0) is 4.79 Å². The zero-order chi connectivity index (χ0) is 16.7. The van der Waals surface area contributed by atoms with Gasteiger partial charge in [0.15, 0.2) is 0 Å². The van der Waals surface area contributed by atoms with Gasteiger partial charge in [-0.3, -0.25) is 14.9 Å². The van der Waals surface area contributed by atoms with Crippen LogP contribution in [0.2, 0.25) is 0 Å². The number of anilines is 1. The Morgan fingerprint density at radius 2 is 2.00 bits per heavy atom. The number of non-ortho nitro benzene ring substituents is 1. The van der Waals surface area contributed by atoms with E-state index in [0.717, 1.165) is 5.56 Å². The number of hydrogen-bond donors (Lipinski definition) is 1. The Kier molecular flexibility index (Phi) is 4.09. The Labute approximate surface area is 130 Å². The molecule has 1 fully saturated rings. The maximum absolute atomic E-state index is 12.5. The van der Waals surface area contributed by atoms with E-state index in [2.05, 4.69) is 25.2 Å². The lowest BCUT2D eigenvalue weighted by atomic mass is 10.1. The minimum atomic E-state index is -0.456. The molecule has 0 spiro atoms. The van der Waals surface area contributed by atoms with Gasteiger partial charge in [-0.25, -0.2) is 0 Å². The van der Waals surface area contributed by atoms with E-state index in [4.69, 9.17) is 0 Å². The first-order valence-corrected chi connectivity index (χ1v) is 7.35. The molecule has 1 aliphatic rings. The summed E-state index contributed by atoms with van der Waals surface area (Å²) in [6, 6.07) is 4.51. The van der Waals surface area contributed by atoms with Crippen molar-refractivity contribution in [2.75, 3.05) is 5.32 Å². The van der Waals surface area contributed by atoms with Crippen molar-refractivity contribution in [1.82, 2.24) is 0 Å². The molecule has 0 aliphatic heterocycles. The highest BCUT2D eigenvalue weighted by Crippen LogP contribution is 2.59. The highest BCUT2D eigenvalue weighted by Gasteiger charge is 2.60. The standard InChI is InChI=1S/C17H22N2O3/c1-10(2)8-13-15(17(13,4)5)16(20)18-14-9-12(19(21)22)7-6-11(14)3/h6-9,13,15H,1-5H3,(H,18,20). The van der Waals surface area contributed by atoms with Crippen LogP contribution in [0.15, 0.2) is 29.8 Å². The van der Waals surface area contributed by atoms with Crippen molar-refractivity contribution in [2.45, 2.75) is 34.6 Å². The quantitative estimate of drug-likeness (QED) is 0.517. The molecule has 22 heavy (non-hydrogen) atoms. The average molecular weight is 302 g/mol. The van der Waals surface area contributed by atoms with Gasteiger partial charge in [-0.1, -0.05) is 31.6 Å². The van der Waals surface area contributed by atoms with Crippen molar-refractivity contribution in [1.29, 1.82) is 0 Å². The molecule has 1 aliphatic carbocycles. The molecule has 5 nitrogen and oxygen atoms in total. The number of allylic oxidation sites excluding steroid dienone is 2. The molecule has 2 unspecified atom stereocenters. The molecular weight excluding hydrogens is 280 g/mol. The van der Waals surface area contributed by atoms with Crippen LogP contribution in [0.5, 0.6) is 0 Å². The van der Waals surface area contributed by atoms with Crippen molar-refractivity contribution < 1.29 is 9.72 Å². The van der Waals surface area contributed by atoms with Crippen molar-refractivity contribution in [3.8, 4) is 0 Å². The van der Waals surface area contributed by atoms with Gasteiger partial charge in [0.2, 0.25) is 5.91 Å². The third-order valence-electron chi connectivity index (χ3n) is 4.40. The van der Waals surface area contributed by atoms with Gasteiger partial charge in [0.1, 0.15) is 0 Å². The molecule has 0 saturated heterocycles. The number of nitro benzene ring substituents is 1. The summed E-state index contributed by atoms with van der Waals surface area (Å²) in [4.78, 5) is 22.9. The van der Waals surface area contributed by atoms with Gasteiger partial charge in [0, 0.05) is 12.1 Å². The zero-order valence-corrected chi connectivity index (χ0v) is 13.6. The number of rotatable bonds is 4. The van der Waals surface area contributed by atoms with Gasteiger partial charge in [-0.05, 0) is 37.7 Å². The summed E-state index contributed by atoms with van der Waals surface area (Å²) in [6.45, 7) is 10.0. The first-order chi connectivity index (χ1) is 10.1. The van der Waals surface area contributed by atoms with E-state index < -0.39 is 4.92 Å². The second-order valence-corrected chi connectivity index (χ2v) is 6.81. The van der Waals surface area contributed by atoms with E-state index in [0.29, 0.717) is 5.69 Å². The number of benzene rings is 1. The second-order valence-electron chi connectivity index (χ2n) is 6.81. The fourth-order valence-corrected chi connectivity index (χ4v) is 2.92. The first-order valence-electron chi connectivity index (χ1n) is 7.35. The Bertz CT molecular complexity index is 658. The van der Waals surface area contributed by atoms with Gasteiger partial charge in [-0.15, -0.1) is 0 Å². The van der Waals surface area contributed by atoms with Crippen LogP contribution < -0.4 is 5.32 Å². The number of carbonyl (C=O) groups excluding carboxylic acids is 1. The smallest absolute Gasteiger partial charge is 0.271 e. The normalized spacial score (nSPS) is 21.9. The number of amides is 1. The third-order valence-corrected chi connectivity index (χ3v) is 4.40. The van der Waals surface area contributed by atoms with Gasteiger partial charge < -0.3 is 5.32 Å². The van der Waals surface area contributed by atoms with Gasteiger partial charge >= 0.3 is 0 Å². The summed E-state index contributed by atoms with van der Waals surface area (Å²) in [7, 11) is 0. The molecule has 2 atom stereocenters. The zero-order valence-electron chi connectivity index (χ0n) is 13.6. The highest BCUT2D eigenvalue weighted by molar-refractivity contribution is 5.96. The van der Waals surface area contributed by atoms with Gasteiger partial charge in [0.25, 0.3) is 5.69 Å². The number of nitro groups is 1. The number of aryl methyl sites for hydroxylation is 1.